The lowest BCUT2D eigenvalue weighted by molar-refractivity contribution is 0.178. The Morgan fingerprint density at radius 2 is 1.72 bits per heavy atom. The molecule has 0 aromatic heterocycles. The van der Waals surface area contributed by atoms with Crippen LogP contribution in [-0.4, -0.2) is 5.11 Å². The van der Waals surface area contributed by atoms with Gasteiger partial charge < -0.3 is 5.11 Å². The summed E-state index contributed by atoms with van der Waals surface area (Å²) in [6.45, 7) is 3.74. The molecule has 2 heteroatoms. The molecule has 0 radical (unpaired) electrons. The van der Waals surface area contributed by atoms with Gasteiger partial charge in [0.25, 0.3) is 0 Å². The van der Waals surface area contributed by atoms with Crippen LogP contribution in [0.2, 0.25) is 0 Å². The summed E-state index contributed by atoms with van der Waals surface area (Å²) in [5.41, 5.74) is 3.46. The lowest BCUT2D eigenvalue weighted by atomic mass is 10.00. The molecule has 2 aromatic rings. The number of halogens is 1. The third-order valence-corrected chi connectivity index (χ3v) is 3.13. The van der Waals surface area contributed by atoms with Crippen LogP contribution in [0, 0.1) is 19.7 Å². The van der Waals surface area contributed by atoms with Gasteiger partial charge in [0.05, 0.1) is 6.10 Å². The Morgan fingerprint density at radius 3 is 2.33 bits per heavy atom. The van der Waals surface area contributed by atoms with Gasteiger partial charge >= 0.3 is 0 Å². The van der Waals surface area contributed by atoms with Crippen LogP contribution in [0.3, 0.4) is 0 Å². The highest BCUT2D eigenvalue weighted by Crippen LogP contribution is 2.20. The predicted octanol–water partition coefficient (Wildman–Crippen LogP) is 3.72. The molecule has 0 heterocycles. The molecule has 0 saturated carbocycles. The van der Waals surface area contributed by atoms with Gasteiger partial charge in [0.1, 0.15) is 5.82 Å². The number of hydrogen-bond donors (Lipinski definition) is 1. The summed E-state index contributed by atoms with van der Waals surface area (Å²) in [5.74, 6) is -0.268. The summed E-state index contributed by atoms with van der Waals surface area (Å²) in [7, 11) is 0. The fraction of sp³-hybridized carbons (Fsp3) is 0.250. The van der Waals surface area contributed by atoms with Crippen molar-refractivity contribution >= 4 is 0 Å². The molecule has 0 fully saturated rings. The summed E-state index contributed by atoms with van der Waals surface area (Å²) in [6, 6.07) is 12.9. The standard InChI is InChI=1S/C16H17FO/c1-11-3-6-13(7-4-11)9-16(18)14-8-5-12(2)15(17)10-14/h3-8,10,16,18H,9H2,1-2H3. The summed E-state index contributed by atoms with van der Waals surface area (Å²) in [4.78, 5) is 0. The van der Waals surface area contributed by atoms with E-state index < -0.39 is 6.10 Å². The number of aryl methyl sites for hydroxylation is 2. The van der Waals surface area contributed by atoms with Gasteiger partial charge in [0.2, 0.25) is 0 Å². The predicted molar refractivity (Wildman–Crippen MR) is 71.0 cm³/mol. The third-order valence-electron chi connectivity index (χ3n) is 3.13. The van der Waals surface area contributed by atoms with Gasteiger partial charge in [-0.25, -0.2) is 4.39 Å². The number of benzene rings is 2. The maximum atomic E-state index is 13.4. The molecule has 0 bridgehead atoms. The van der Waals surface area contributed by atoms with Gasteiger partial charge in [0, 0.05) is 6.42 Å². The second-order valence-corrected chi connectivity index (χ2v) is 4.71. The molecule has 0 aliphatic heterocycles. The first-order valence-electron chi connectivity index (χ1n) is 6.06. The van der Waals surface area contributed by atoms with Gasteiger partial charge in [0.15, 0.2) is 0 Å². The Hall–Kier alpha value is -1.67. The molecule has 0 aliphatic carbocycles. The first-order valence-corrected chi connectivity index (χ1v) is 6.06. The summed E-state index contributed by atoms with van der Waals surface area (Å²) in [6.07, 6.45) is -0.161. The largest absolute Gasteiger partial charge is 0.388 e. The number of hydrogen-bond acceptors (Lipinski definition) is 1. The van der Waals surface area contributed by atoms with Crippen LogP contribution in [0.4, 0.5) is 4.39 Å². The summed E-state index contributed by atoms with van der Waals surface area (Å²) >= 11 is 0. The zero-order valence-electron chi connectivity index (χ0n) is 10.7. The van der Waals surface area contributed by atoms with E-state index in [0.29, 0.717) is 17.5 Å². The molecule has 0 saturated heterocycles. The van der Waals surface area contributed by atoms with Crippen molar-refractivity contribution in [1.29, 1.82) is 0 Å². The molecular weight excluding hydrogens is 227 g/mol. The van der Waals surface area contributed by atoms with Crippen molar-refractivity contribution in [1.82, 2.24) is 0 Å². The highest BCUT2D eigenvalue weighted by atomic mass is 19.1. The SMILES string of the molecule is Cc1ccc(CC(O)c2ccc(C)c(F)c2)cc1. The first kappa shape index (κ1) is 12.8. The highest BCUT2D eigenvalue weighted by Gasteiger charge is 2.10. The molecule has 0 spiro atoms. The van der Waals surface area contributed by atoms with Crippen molar-refractivity contribution in [3.63, 3.8) is 0 Å². The van der Waals surface area contributed by atoms with E-state index in [1.54, 1.807) is 19.1 Å². The van der Waals surface area contributed by atoms with Crippen LogP contribution in [0.1, 0.15) is 28.4 Å². The molecule has 1 N–H and O–H groups in total. The summed E-state index contributed by atoms with van der Waals surface area (Å²) < 4.78 is 13.4. The Labute approximate surface area is 107 Å². The normalized spacial score (nSPS) is 12.4. The molecule has 0 amide bonds. The van der Waals surface area contributed by atoms with Gasteiger partial charge in [-0.1, -0.05) is 42.0 Å². The molecule has 18 heavy (non-hydrogen) atoms. The monoisotopic (exact) mass is 244 g/mol. The van der Waals surface area contributed by atoms with E-state index in [9.17, 15) is 9.50 Å². The minimum absolute atomic E-state index is 0.268. The fourth-order valence-electron chi connectivity index (χ4n) is 1.88. The van der Waals surface area contributed by atoms with Crippen molar-refractivity contribution in [2.75, 3.05) is 0 Å². The Bertz CT molecular complexity index is 531. The minimum Gasteiger partial charge on any atom is -0.388 e. The van der Waals surface area contributed by atoms with Crippen LogP contribution in [0.25, 0.3) is 0 Å². The Balaban J connectivity index is 2.13. The van der Waals surface area contributed by atoms with Crippen LogP contribution < -0.4 is 0 Å². The maximum Gasteiger partial charge on any atom is 0.126 e. The van der Waals surface area contributed by atoms with E-state index in [4.69, 9.17) is 0 Å². The number of aliphatic hydroxyl groups is 1. The van der Waals surface area contributed by atoms with Crippen LogP contribution in [0.15, 0.2) is 42.5 Å². The lowest BCUT2D eigenvalue weighted by Crippen LogP contribution is -2.02. The minimum atomic E-state index is -0.664. The van der Waals surface area contributed by atoms with Gasteiger partial charge in [-0.15, -0.1) is 0 Å². The van der Waals surface area contributed by atoms with Gasteiger partial charge in [-0.2, -0.15) is 0 Å². The van der Waals surface area contributed by atoms with Crippen molar-refractivity contribution in [2.45, 2.75) is 26.4 Å². The van der Waals surface area contributed by atoms with E-state index in [1.165, 1.54) is 11.6 Å². The number of aliphatic hydroxyl groups excluding tert-OH is 1. The van der Waals surface area contributed by atoms with Crippen LogP contribution in [0.5, 0.6) is 0 Å². The smallest absolute Gasteiger partial charge is 0.126 e. The maximum absolute atomic E-state index is 13.4. The quantitative estimate of drug-likeness (QED) is 0.872. The molecular formula is C16H17FO. The topological polar surface area (TPSA) is 20.2 Å². The van der Waals surface area contributed by atoms with E-state index in [-0.39, 0.29) is 5.82 Å². The zero-order valence-corrected chi connectivity index (χ0v) is 10.7. The number of rotatable bonds is 3. The van der Waals surface area contributed by atoms with Crippen LogP contribution in [-0.2, 0) is 6.42 Å². The van der Waals surface area contributed by atoms with E-state index in [0.717, 1.165) is 5.56 Å². The second-order valence-electron chi connectivity index (χ2n) is 4.71. The molecule has 1 nitrogen and oxygen atoms in total. The molecule has 1 unspecified atom stereocenters. The first-order chi connectivity index (χ1) is 8.56. The van der Waals surface area contributed by atoms with Crippen molar-refractivity contribution in [3.8, 4) is 0 Å². The van der Waals surface area contributed by atoms with Crippen molar-refractivity contribution in [2.24, 2.45) is 0 Å². The molecule has 2 rings (SSSR count). The average Bonchev–Trinajstić information content (AvgIpc) is 2.35. The fourth-order valence-corrected chi connectivity index (χ4v) is 1.88. The lowest BCUT2D eigenvalue weighted by Gasteiger charge is -2.12. The highest BCUT2D eigenvalue weighted by molar-refractivity contribution is 5.28. The Kier molecular flexibility index (Phi) is 3.78. The zero-order chi connectivity index (χ0) is 13.1. The third kappa shape index (κ3) is 2.96. The van der Waals surface area contributed by atoms with E-state index in [2.05, 4.69) is 0 Å². The van der Waals surface area contributed by atoms with E-state index in [1.807, 2.05) is 31.2 Å². The average molecular weight is 244 g/mol. The second kappa shape index (κ2) is 5.32. The molecule has 2 aromatic carbocycles. The molecule has 94 valence electrons. The van der Waals surface area contributed by atoms with Crippen molar-refractivity contribution in [3.05, 3.63) is 70.5 Å². The summed E-state index contributed by atoms with van der Waals surface area (Å²) in [5, 5.41) is 10.1. The van der Waals surface area contributed by atoms with Crippen molar-refractivity contribution < 1.29 is 9.50 Å². The molecule has 1 atom stereocenters. The Morgan fingerprint density at radius 1 is 1.06 bits per heavy atom. The van der Waals surface area contributed by atoms with Gasteiger partial charge in [-0.3, -0.25) is 0 Å². The van der Waals surface area contributed by atoms with Crippen LogP contribution >= 0.6 is 0 Å². The molecule has 0 aliphatic rings. The van der Waals surface area contributed by atoms with Gasteiger partial charge in [-0.05, 0) is 36.6 Å². The van der Waals surface area contributed by atoms with E-state index >= 15 is 0 Å².